The van der Waals surface area contributed by atoms with Crippen LogP contribution in [-0.2, 0) is 11.2 Å². The highest BCUT2D eigenvalue weighted by atomic mass is 16.4. The van der Waals surface area contributed by atoms with Crippen LogP contribution in [0.4, 0.5) is 0 Å². The molecule has 2 rings (SSSR count). The van der Waals surface area contributed by atoms with Crippen molar-refractivity contribution < 1.29 is 9.21 Å². The van der Waals surface area contributed by atoms with Crippen LogP contribution in [0.5, 0.6) is 0 Å². The minimum absolute atomic E-state index is 0.0119. The molecule has 0 saturated carbocycles. The van der Waals surface area contributed by atoms with Crippen LogP contribution in [0.25, 0.3) is 11.0 Å². The Morgan fingerprint density at radius 2 is 2.00 bits per heavy atom. The van der Waals surface area contributed by atoms with E-state index in [1.165, 1.54) is 13.0 Å². The van der Waals surface area contributed by atoms with Crippen molar-refractivity contribution in [3.05, 3.63) is 58.5 Å². The zero-order valence-electron chi connectivity index (χ0n) is 14.8. The lowest BCUT2D eigenvalue weighted by Crippen LogP contribution is -2.31. The first-order chi connectivity index (χ1) is 11.2. The van der Waals surface area contributed by atoms with Crippen LogP contribution in [0.15, 0.2) is 51.7 Å². The van der Waals surface area contributed by atoms with E-state index in [0.717, 1.165) is 17.4 Å². The maximum Gasteiger partial charge on any atom is 0.336 e. The molecule has 0 radical (unpaired) electrons. The van der Waals surface area contributed by atoms with Crippen molar-refractivity contribution in [2.45, 2.75) is 34.1 Å². The Hall–Kier alpha value is -2.36. The molecular weight excluding hydrogens is 302 g/mol. The predicted molar refractivity (Wildman–Crippen MR) is 97.0 cm³/mol. The van der Waals surface area contributed by atoms with E-state index in [1.807, 2.05) is 12.1 Å². The number of hydrogen-bond donors (Lipinski definition) is 1. The maximum atomic E-state index is 11.3. The van der Waals surface area contributed by atoms with E-state index < -0.39 is 0 Å². The SMILES string of the molecule is CC(=O)NCC(C)(C)/C=C/C(C)Cc1ccc2ccc(=O)oc2c1. The van der Waals surface area contributed by atoms with Crippen molar-refractivity contribution in [3.8, 4) is 0 Å². The quantitative estimate of drug-likeness (QED) is 0.650. The van der Waals surface area contributed by atoms with Gasteiger partial charge in [-0.3, -0.25) is 4.79 Å². The highest BCUT2D eigenvalue weighted by Crippen LogP contribution is 2.20. The third kappa shape index (κ3) is 5.37. The van der Waals surface area contributed by atoms with Crippen LogP contribution in [-0.4, -0.2) is 12.5 Å². The van der Waals surface area contributed by atoms with Gasteiger partial charge in [-0.1, -0.05) is 45.1 Å². The van der Waals surface area contributed by atoms with Gasteiger partial charge in [0.15, 0.2) is 0 Å². The summed E-state index contributed by atoms with van der Waals surface area (Å²) >= 11 is 0. The Bertz CT molecular complexity index is 802. The van der Waals surface area contributed by atoms with E-state index in [4.69, 9.17) is 4.42 Å². The molecule has 0 bridgehead atoms. The average molecular weight is 327 g/mol. The summed E-state index contributed by atoms with van der Waals surface area (Å²) in [5.74, 6) is 0.330. The highest BCUT2D eigenvalue weighted by Gasteiger charge is 2.14. The molecule has 128 valence electrons. The minimum Gasteiger partial charge on any atom is -0.423 e. The van der Waals surface area contributed by atoms with Crippen LogP contribution in [0, 0.1) is 11.3 Å². The summed E-state index contributed by atoms with van der Waals surface area (Å²) in [5, 5.41) is 3.78. The number of hydrogen-bond acceptors (Lipinski definition) is 3. The Kier molecular flexibility index (Phi) is 5.60. The predicted octanol–water partition coefficient (Wildman–Crippen LogP) is 3.69. The lowest BCUT2D eigenvalue weighted by Gasteiger charge is -2.21. The van der Waals surface area contributed by atoms with Crippen LogP contribution in [0.2, 0.25) is 0 Å². The number of amides is 1. The smallest absolute Gasteiger partial charge is 0.336 e. The maximum absolute atomic E-state index is 11.3. The van der Waals surface area contributed by atoms with E-state index in [2.05, 4.69) is 44.3 Å². The summed E-state index contributed by atoms with van der Waals surface area (Å²) < 4.78 is 5.24. The molecule has 0 fully saturated rings. The van der Waals surface area contributed by atoms with Crippen LogP contribution in [0.1, 0.15) is 33.3 Å². The summed E-state index contributed by atoms with van der Waals surface area (Å²) in [6.07, 6.45) is 5.18. The first-order valence-corrected chi connectivity index (χ1v) is 8.22. The lowest BCUT2D eigenvalue weighted by molar-refractivity contribution is -0.119. The first-order valence-electron chi connectivity index (χ1n) is 8.22. The van der Waals surface area contributed by atoms with E-state index in [-0.39, 0.29) is 16.9 Å². The zero-order valence-corrected chi connectivity index (χ0v) is 14.8. The Morgan fingerprint density at radius 3 is 2.71 bits per heavy atom. The number of fused-ring (bicyclic) bond motifs is 1. The van der Waals surface area contributed by atoms with Crippen molar-refractivity contribution in [2.75, 3.05) is 6.54 Å². The van der Waals surface area contributed by atoms with Crippen LogP contribution >= 0.6 is 0 Å². The van der Waals surface area contributed by atoms with Gasteiger partial charge in [0.2, 0.25) is 5.91 Å². The molecule has 4 heteroatoms. The van der Waals surface area contributed by atoms with Crippen LogP contribution in [0.3, 0.4) is 0 Å². The molecule has 1 unspecified atom stereocenters. The van der Waals surface area contributed by atoms with E-state index in [1.54, 1.807) is 6.07 Å². The van der Waals surface area contributed by atoms with Gasteiger partial charge < -0.3 is 9.73 Å². The zero-order chi connectivity index (χ0) is 17.7. The molecule has 1 N–H and O–H groups in total. The number of rotatable bonds is 6. The monoisotopic (exact) mass is 327 g/mol. The van der Waals surface area contributed by atoms with Crippen LogP contribution < -0.4 is 10.9 Å². The van der Waals surface area contributed by atoms with Crippen molar-refractivity contribution in [1.29, 1.82) is 0 Å². The van der Waals surface area contributed by atoms with Gasteiger partial charge in [-0.15, -0.1) is 0 Å². The number of allylic oxidation sites excluding steroid dienone is 1. The number of benzene rings is 1. The topological polar surface area (TPSA) is 59.3 Å². The molecule has 24 heavy (non-hydrogen) atoms. The fourth-order valence-corrected chi connectivity index (χ4v) is 2.51. The molecule has 0 aliphatic rings. The number of carbonyl (C=O) groups excluding carboxylic acids is 1. The fraction of sp³-hybridized carbons (Fsp3) is 0.400. The number of carbonyl (C=O) groups is 1. The molecular formula is C20H25NO3. The summed E-state index contributed by atoms with van der Waals surface area (Å²) in [6, 6.07) is 9.19. The normalized spacial score (nSPS) is 13.3. The standard InChI is InChI=1S/C20H25NO3/c1-14(9-10-20(3,4)13-21-15(2)22)11-16-5-6-17-7-8-19(23)24-18(17)12-16/h5-10,12,14H,11,13H2,1-4H3,(H,21,22)/b10-9+. The Morgan fingerprint density at radius 1 is 1.29 bits per heavy atom. The molecule has 1 aromatic heterocycles. The second-order valence-corrected chi connectivity index (χ2v) is 7.07. The van der Waals surface area contributed by atoms with Crippen molar-refractivity contribution >= 4 is 16.9 Å². The van der Waals surface area contributed by atoms with Crippen molar-refractivity contribution in [2.24, 2.45) is 11.3 Å². The van der Waals surface area contributed by atoms with Gasteiger partial charge in [-0.05, 0) is 35.4 Å². The molecule has 2 aromatic rings. The summed E-state index contributed by atoms with van der Waals surface area (Å²) in [6.45, 7) is 8.48. The molecule has 0 saturated heterocycles. The molecule has 0 spiro atoms. The van der Waals surface area contributed by atoms with Gasteiger partial charge >= 0.3 is 5.63 Å². The summed E-state index contributed by atoms with van der Waals surface area (Å²) in [4.78, 5) is 22.4. The molecule has 1 heterocycles. The van der Waals surface area contributed by atoms with Gasteiger partial charge in [0.05, 0.1) is 0 Å². The molecule has 1 aromatic carbocycles. The van der Waals surface area contributed by atoms with E-state index in [9.17, 15) is 9.59 Å². The molecule has 0 aliphatic carbocycles. The van der Waals surface area contributed by atoms with Gasteiger partial charge in [-0.25, -0.2) is 4.79 Å². The fourth-order valence-electron chi connectivity index (χ4n) is 2.51. The Balaban J connectivity index is 2.03. The van der Waals surface area contributed by atoms with Gasteiger partial charge in [0.25, 0.3) is 0 Å². The van der Waals surface area contributed by atoms with Gasteiger partial charge in [-0.2, -0.15) is 0 Å². The van der Waals surface area contributed by atoms with Gasteiger partial charge in [0.1, 0.15) is 5.58 Å². The van der Waals surface area contributed by atoms with Crippen molar-refractivity contribution in [1.82, 2.24) is 5.32 Å². The lowest BCUT2D eigenvalue weighted by atomic mass is 9.90. The van der Waals surface area contributed by atoms with E-state index in [0.29, 0.717) is 18.0 Å². The summed E-state index contributed by atoms with van der Waals surface area (Å²) in [5.41, 5.74) is 1.35. The largest absolute Gasteiger partial charge is 0.423 e. The molecule has 0 aliphatic heterocycles. The average Bonchev–Trinajstić information content (AvgIpc) is 2.51. The third-order valence-corrected chi connectivity index (χ3v) is 3.91. The second-order valence-electron chi connectivity index (χ2n) is 7.07. The Labute approximate surface area is 142 Å². The van der Waals surface area contributed by atoms with Crippen molar-refractivity contribution in [3.63, 3.8) is 0 Å². The number of nitrogens with one attached hydrogen (secondary N) is 1. The minimum atomic E-state index is -0.327. The molecule has 4 nitrogen and oxygen atoms in total. The van der Waals surface area contributed by atoms with E-state index >= 15 is 0 Å². The molecule has 1 amide bonds. The highest BCUT2D eigenvalue weighted by molar-refractivity contribution is 5.76. The first kappa shape index (κ1) is 18.0. The third-order valence-electron chi connectivity index (χ3n) is 3.91. The summed E-state index contributed by atoms with van der Waals surface area (Å²) in [7, 11) is 0. The second kappa shape index (κ2) is 7.47. The molecule has 1 atom stereocenters. The van der Waals surface area contributed by atoms with Gasteiger partial charge in [0, 0.05) is 24.9 Å².